The number of imidazole rings is 1. The number of pyridine rings is 1. The molecule has 6 nitrogen and oxygen atoms in total. The van der Waals surface area contributed by atoms with Gasteiger partial charge in [0.2, 0.25) is 0 Å². The molecule has 0 bridgehead atoms. The Bertz CT molecular complexity index is 1310. The molecule has 0 saturated heterocycles. The van der Waals surface area contributed by atoms with Crippen LogP contribution in [-0.2, 0) is 19.7 Å². The van der Waals surface area contributed by atoms with Crippen LogP contribution >= 0.6 is 0 Å². The first-order valence-corrected chi connectivity index (χ1v) is 10.8. The number of nitrogens with zero attached hydrogens (tertiary/aromatic N) is 3. The van der Waals surface area contributed by atoms with E-state index < -0.39 is 0 Å². The topological polar surface area (TPSA) is 60.0 Å². The Morgan fingerprint density at radius 2 is 1.82 bits per heavy atom. The largest absolute Gasteiger partial charge is 0.487 e. The van der Waals surface area contributed by atoms with E-state index in [1.54, 1.807) is 23.3 Å². The monoisotopic (exact) mass is 437 g/mol. The Kier molecular flexibility index (Phi) is 5.89. The predicted molar refractivity (Wildman–Crippen MR) is 125 cm³/mol. The minimum Gasteiger partial charge on any atom is -0.487 e. The van der Waals surface area contributed by atoms with Crippen molar-refractivity contribution in [2.75, 3.05) is 0 Å². The van der Waals surface area contributed by atoms with Gasteiger partial charge in [-0.15, -0.1) is 0 Å². The van der Waals surface area contributed by atoms with Gasteiger partial charge in [0.1, 0.15) is 23.8 Å². The van der Waals surface area contributed by atoms with Crippen molar-refractivity contribution in [2.45, 2.75) is 19.7 Å². The fourth-order valence-corrected chi connectivity index (χ4v) is 3.71. The SMILES string of the molecule is O=C(c1cccc(OCc2cn3ccccc3n2)c1)N(Cc1ccccc1)Cc1ccco1. The van der Waals surface area contributed by atoms with E-state index in [-0.39, 0.29) is 5.91 Å². The number of aromatic nitrogens is 2. The molecular weight excluding hydrogens is 414 g/mol. The highest BCUT2D eigenvalue weighted by Gasteiger charge is 2.18. The number of carbonyl (C=O) groups is 1. The van der Waals surface area contributed by atoms with Crippen molar-refractivity contribution in [2.24, 2.45) is 0 Å². The average Bonchev–Trinajstić information content (AvgIpc) is 3.52. The molecule has 0 aliphatic carbocycles. The van der Waals surface area contributed by atoms with Crippen LogP contribution in [0.4, 0.5) is 0 Å². The second kappa shape index (κ2) is 9.44. The van der Waals surface area contributed by atoms with Gasteiger partial charge in [0.05, 0.1) is 18.5 Å². The normalized spacial score (nSPS) is 10.9. The van der Waals surface area contributed by atoms with Crippen LogP contribution in [0.3, 0.4) is 0 Å². The molecule has 2 aromatic carbocycles. The van der Waals surface area contributed by atoms with Gasteiger partial charge in [0.15, 0.2) is 0 Å². The maximum atomic E-state index is 13.4. The van der Waals surface area contributed by atoms with Crippen molar-refractivity contribution >= 4 is 11.6 Å². The molecule has 0 saturated carbocycles. The smallest absolute Gasteiger partial charge is 0.254 e. The highest BCUT2D eigenvalue weighted by Crippen LogP contribution is 2.20. The number of carbonyl (C=O) groups excluding carboxylic acids is 1. The van der Waals surface area contributed by atoms with Gasteiger partial charge >= 0.3 is 0 Å². The molecule has 0 aliphatic rings. The molecule has 0 spiro atoms. The summed E-state index contributed by atoms with van der Waals surface area (Å²) in [7, 11) is 0. The summed E-state index contributed by atoms with van der Waals surface area (Å²) in [6, 6.07) is 26.7. The van der Waals surface area contributed by atoms with Crippen molar-refractivity contribution in [3.05, 3.63) is 126 Å². The highest BCUT2D eigenvalue weighted by molar-refractivity contribution is 5.94. The first-order valence-electron chi connectivity index (χ1n) is 10.8. The number of benzene rings is 2. The minimum absolute atomic E-state index is 0.0894. The molecule has 164 valence electrons. The molecule has 0 atom stereocenters. The van der Waals surface area contributed by atoms with Crippen LogP contribution in [-0.4, -0.2) is 20.2 Å². The predicted octanol–water partition coefficient (Wildman–Crippen LogP) is 5.35. The van der Waals surface area contributed by atoms with E-state index in [4.69, 9.17) is 9.15 Å². The van der Waals surface area contributed by atoms with Gasteiger partial charge in [0, 0.05) is 24.5 Å². The van der Waals surface area contributed by atoms with E-state index in [9.17, 15) is 4.79 Å². The molecule has 0 unspecified atom stereocenters. The summed E-state index contributed by atoms with van der Waals surface area (Å²) in [5.74, 6) is 1.27. The summed E-state index contributed by atoms with van der Waals surface area (Å²) in [5.41, 5.74) is 3.30. The zero-order chi connectivity index (χ0) is 22.5. The fourth-order valence-electron chi connectivity index (χ4n) is 3.71. The lowest BCUT2D eigenvalue weighted by molar-refractivity contribution is 0.0717. The van der Waals surface area contributed by atoms with Crippen LogP contribution in [0.15, 0.2) is 108 Å². The average molecular weight is 437 g/mol. The van der Waals surface area contributed by atoms with Crippen molar-refractivity contribution < 1.29 is 13.9 Å². The van der Waals surface area contributed by atoms with E-state index in [0.717, 1.165) is 22.7 Å². The molecule has 5 rings (SSSR count). The lowest BCUT2D eigenvalue weighted by atomic mass is 10.1. The lowest BCUT2D eigenvalue weighted by Crippen LogP contribution is -2.30. The van der Waals surface area contributed by atoms with Crippen LogP contribution in [0, 0.1) is 0 Å². The van der Waals surface area contributed by atoms with Crippen molar-refractivity contribution in [1.29, 1.82) is 0 Å². The van der Waals surface area contributed by atoms with Gasteiger partial charge in [-0.1, -0.05) is 42.5 Å². The molecule has 3 aromatic heterocycles. The highest BCUT2D eigenvalue weighted by atomic mass is 16.5. The van der Waals surface area contributed by atoms with Crippen molar-refractivity contribution in [1.82, 2.24) is 14.3 Å². The first kappa shape index (κ1) is 20.6. The molecule has 0 aliphatic heterocycles. The molecule has 0 radical (unpaired) electrons. The number of hydrogen-bond donors (Lipinski definition) is 0. The van der Waals surface area contributed by atoms with E-state index in [1.165, 1.54) is 0 Å². The summed E-state index contributed by atoms with van der Waals surface area (Å²) >= 11 is 0. The van der Waals surface area contributed by atoms with Gasteiger partial charge < -0.3 is 18.5 Å². The number of ether oxygens (including phenoxy) is 1. The summed E-state index contributed by atoms with van der Waals surface area (Å²) in [4.78, 5) is 19.8. The summed E-state index contributed by atoms with van der Waals surface area (Å²) < 4.78 is 13.4. The van der Waals surface area contributed by atoms with Crippen LogP contribution in [0.25, 0.3) is 5.65 Å². The standard InChI is InChI=1S/C27H23N3O3/c31-27(30(19-25-12-7-15-32-25)17-21-8-2-1-3-9-21)22-10-6-11-24(16-22)33-20-23-18-29-14-5-4-13-26(29)28-23/h1-16,18H,17,19-20H2. The van der Waals surface area contributed by atoms with E-state index in [0.29, 0.717) is 31.0 Å². The van der Waals surface area contributed by atoms with Crippen molar-refractivity contribution in [3.8, 4) is 5.75 Å². The number of rotatable bonds is 8. The summed E-state index contributed by atoms with van der Waals surface area (Å²) in [6.45, 7) is 1.18. The maximum Gasteiger partial charge on any atom is 0.254 e. The Hall–Kier alpha value is -4.32. The lowest BCUT2D eigenvalue weighted by Gasteiger charge is -2.22. The molecule has 5 aromatic rings. The Morgan fingerprint density at radius 3 is 2.64 bits per heavy atom. The zero-order valence-electron chi connectivity index (χ0n) is 18.0. The van der Waals surface area contributed by atoms with Gasteiger partial charge in [-0.3, -0.25) is 4.79 Å². The van der Waals surface area contributed by atoms with Crippen LogP contribution in [0.1, 0.15) is 27.4 Å². The van der Waals surface area contributed by atoms with Gasteiger partial charge in [-0.25, -0.2) is 4.98 Å². The molecule has 6 heteroatoms. The van der Waals surface area contributed by atoms with Gasteiger partial charge in [-0.05, 0) is 48.0 Å². The van der Waals surface area contributed by atoms with Crippen molar-refractivity contribution in [3.63, 3.8) is 0 Å². The molecule has 3 heterocycles. The van der Waals surface area contributed by atoms with Crippen LogP contribution in [0.5, 0.6) is 5.75 Å². The minimum atomic E-state index is -0.0894. The third-order valence-corrected chi connectivity index (χ3v) is 5.31. The third-order valence-electron chi connectivity index (χ3n) is 5.31. The number of hydrogen-bond acceptors (Lipinski definition) is 4. The van der Waals surface area contributed by atoms with Gasteiger partial charge in [-0.2, -0.15) is 0 Å². The molecular formula is C27H23N3O3. The molecule has 33 heavy (non-hydrogen) atoms. The molecule has 1 amide bonds. The maximum absolute atomic E-state index is 13.4. The number of amides is 1. The van der Waals surface area contributed by atoms with Crippen LogP contribution in [0.2, 0.25) is 0 Å². The van der Waals surface area contributed by atoms with Gasteiger partial charge in [0.25, 0.3) is 5.91 Å². The molecule has 0 N–H and O–H groups in total. The zero-order valence-corrected chi connectivity index (χ0v) is 18.0. The van der Waals surface area contributed by atoms with E-state index >= 15 is 0 Å². The summed E-state index contributed by atoms with van der Waals surface area (Å²) in [5, 5.41) is 0. The number of fused-ring (bicyclic) bond motifs is 1. The Balaban J connectivity index is 1.32. The molecule has 0 fully saturated rings. The quantitative estimate of drug-likeness (QED) is 0.328. The fraction of sp³-hybridized carbons (Fsp3) is 0.111. The Labute approximate surface area is 191 Å². The first-order chi connectivity index (χ1) is 16.2. The summed E-state index contributed by atoms with van der Waals surface area (Å²) in [6.07, 6.45) is 5.51. The van der Waals surface area contributed by atoms with E-state index in [2.05, 4.69) is 4.98 Å². The Morgan fingerprint density at radius 1 is 0.939 bits per heavy atom. The third kappa shape index (κ3) is 4.96. The second-order valence-electron chi connectivity index (χ2n) is 7.74. The van der Waals surface area contributed by atoms with Crippen LogP contribution < -0.4 is 4.74 Å². The van der Waals surface area contributed by atoms with E-state index in [1.807, 2.05) is 89.6 Å². The number of furan rings is 1. The second-order valence-corrected chi connectivity index (χ2v) is 7.74.